The van der Waals surface area contributed by atoms with Gasteiger partial charge in [-0.25, -0.2) is 4.98 Å². The molecule has 0 aliphatic rings. The second-order valence-corrected chi connectivity index (χ2v) is 3.77. The summed E-state index contributed by atoms with van der Waals surface area (Å²) in [5.41, 5.74) is 6.65. The lowest BCUT2D eigenvalue weighted by molar-refractivity contribution is -0.136. The van der Waals surface area contributed by atoms with Gasteiger partial charge in [0, 0.05) is 6.54 Å². The minimum atomic E-state index is -4.25. The predicted octanol–water partition coefficient (Wildman–Crippen LogP) is 2.44. The number of aryl methyl sites for hydroxylation is 1. The first-order chi connectivity index (χ1) is 8.42. The summed E-state index contributed by atoms with van der Waals surface area (Å²) < 4.78 is 37.9. The molecule has 2 rings (SSSR count). The van der Waals surface area contributed by atoms with Crippen LogP contribution in [0.25, 0.3) is 11.0 Å². The van der Waals surface area contributed by atoms with Gasteiger partial charge >= 0.3 is 6.18 Å². The highest BCUT2D eigenvalue weighted by Crippen LogP contribution is 2.25. The molecule has 7 heteroatoms. The molecule has 94 valence electrons. The molecule has 2 N–H and O–H groups in total. The molecule has 0 atom stereocenters. The van der Waals surface area contributed by atoms with Crippen molar-refractivity contribution in [3.05, 3.63) is 23.8 Å². The molecule has 1 aromatic heterocycles. The lowest BCUT2D eigenvalue weighted by atomic mass is 10.2. The van der Waals surface area contributed by atoms with Gasteiger partial charge in [0.1, 0.15) is 11.6 Å². The van der Waals surface area contributed by atoms with Crippen LogP contribution in [0.3, 0.4) is 0 Å². The number of nitrogen functional groups attached to an aromatic ring is 1. The number of nitriles is 1. The number of hydrogen-bond donors (Lipinski definition) is 1. The van der Waals surface area contributed by atoms with Crippen LogP contribution < -0.4 is 5.73 Å². The van der Waals surface area contributed by atoms with Gasteiger partial charge in [0.05, 0.1) is 17.5 Å². The average molecular weight is 254 g/mol. The van der Waals surface area contributed by atoms with E-state index >= 15 is 0 Å². The smallest absolute Gasteiger partial charge is 0.369 e. The fourth-order valence-electron chi connectivity index (χ4n) is 1.73. The molecule has 1 heterocycles. The molecule has 0 unspecified atom stereocenters. The lowest BCUT2D eigenvalue weighted by Crippen LogP contribution is -2.13. The number of anilines is 1. The molecule has 0 fully saturated rings. The van der Waals surface area contributed by atoms with Gasteiger partial charge in [0.2, 0.25) is 5.95 Å². The van der Waals surface area contributed by atoms with Crippen LogP contribution in [-0.4, -0.2) is 15.7 Å². The molecule has 18 heavy (non-hydrogen) atoms. The van der Waals surface area contributed by atoms with Crippen molar-refractivity contribution in [2.24, 2.45) is 0 Å². The van der Waals surface area contributed by atoms with Crippen molar-refractivity contribution in [1.29, 1.82) is 5.26 Å². The standard InChI is InChI=1S/C11H9F3N4/c12-11(13,14)4-5-18-8-3-1-2-7(6-15)9(8)17-10(18)16/h1-3H,4-5H2,(H2,16,17). The fraction of sp³-hybridized carbons (Fsp3) is 0.273. The van der Waals surface area contributed by atoms with Crippen molar-refractivity contribution in [3.8, 4) is 6.07 Å². The largest absolute Gasteiger partial charge is 0.390 e. The first-order valence-corrected chi connectivity index (χ1v) is 5.14. The zero-order chi connectivity index (χ0) is 13.3. The monoisotopic (exact) mass is 254 g/mol. The van der Waals surface area contributed by atoms with Crippen molar-refractivity contribution >= 4 is 17.0 Å². The van der Waals surface area contributed by atoms with Crippen LogP contribution in [0.1, 0.15) is 12.0 Å². The minimum Gasteiger partial charge on any atom is -0.369 e. The molecule has 0 amide bonds. The number of hydrogen-bond acceptors (Lipinski definition) is 3. The van der Waals surface area contributed by atoms with Crippen molar-refractivity contribution < 1.29 is 13.2 Å². The van der Waals surface area contributed by atoms with Crippen LogP contribution in [0.4, 0.5) is 19.1 Å². The van der Waals surface area contributed by atoms with Crippen molar-refractivity contribution in [2.45, 2.75) is 19.1 Å². The topological polar surface area (TPSA) is 67.6 Å². The summed E-state index contributed by atoms with van der Waals surface area (Å²) in [6.07, 6.45) is -5.24. The van der Waals surface area contributed by atoms with E-state index < -0.39 is 12.6 Å². The van der Waals surface area contributed by atoms with E-state index in [1.54, 1.807) is 18.2 Å². The molecule has 1 aromatic carbocycles. The molecular formula is C11H9F3N4. The zero-order valence-electron chi connectivity index (χ0n) is 9.20. The highest BCUT2D eigenvalue weighted by atomic mass is 19.4. The molecule has 0 bridgehead atoms. The normalized spacial score (nSPS) is 11.7. The predicted molar refractivity (Wildman–Crippen MR) is 59.5 cm³/mol. The van der Waals surface area contributed by atoms with E-state index in [0.29, 0.717) is 16.6 Å². The number of nitrogens with two attached hydrogens (primary N) is 1. The Bertz CT molecular complexity index is 621. The molecule has 0 aliphatic heterocycles. The molecule has 2 aromatic rings. The van der Waals surface area contributed by atoms with E-state index in [1.807, 2.05) is 6.07 Å². The number of aromatic nitrogens is 2. The molecule has 0 aliphatic carbocycles. The van der Waals surface area contributed by atoms with Crippen LogP contribution in [0.2, 0.25) is 0 Å². The molecular weight excluding hydrogens is 245 g/mol. The lowest BCUT2D eigenvalue weighted by Gasteiger charge is -2.08. The van der Waals surface area contributed by atoms with E-state index in [9.17, 15) is 13.2 Å². The maximum atomic E-state index is 12.2. The van der Waals surface area contributed by atoms with E-state index in [0.717, 1.165) is 0 Å². The Hall–Kier alpha value is -2.23. The summed E-state index contributed by atoms with van der Waals surface area (Å²) in [5, 5.41) is 8.87. The number of rotatable bonds is 2. The van der Waals surface area contributed by atoms with Gasteiger partial charge in [0.15, 0.2) is 0 Å². The third-order valence-corrected chi connectivity index (χ3v) is 2.55. The van der Waals surface area contributed by atoms with E-state index in [4.69, 9.17) is 11.0 Å². The van der Waals surface area contributed by atoms with Gasteiger partial charge in [-0.15, -0.1) is 0 Å². The highest BCUT2D eigenvalue weighted by molar-refractivity contribution is 5.83. The minimum absolute atomic E-state index is 0.0167. The Labute approximate surface area is 100 Å². The summed E-state index contributed by atoms with van der Waals surface area (Å²) in [5.74, 6) is -0.0167. The second kappa shape index (κ2) is 4.22. The Morgan fingerprint density at radius 3 is 2.72 bits per heavy atom. The Kier molecular flexibility index (Phi) is 2.87. The zero-order valence-corrected chi connectivity index (χ0v) is 9.20. The number of para-hydroxylation sites is 1. The van der Waals surface area contributed by atoms with Gasteiger partial charge < -0.3 is 10.3 Å². The molecule has 0 saturated carbocycles. The summed E-state index contributed by atoms with van der Waals surface area (Å²) in [7, 11) is 0. The Balaban J connectivity index is 2.46. The van der Waals surface area contributed by atoms with Crippen molar-refractivity contribution in [2.75, 3.05) is 5.73 Å². The maximum absolute atomic E-state index is 12.2. The molecule has 4 nitrogen and oxygen atoms in total. The van der Waals surface area contributed by atoms with Crippen molar-refractivity contribution in [1.82, 2.24) is 9.55 Å². The fourth-order valence-corrected chi connectivity index (χ4v) is 1.73. The SMILES string of the molecule is N#Cc1cccc2c1nc(N)n2CCC(F)(F)F. The number of imidazole rings is 1. The Morgan fingerprint density at radius 1 is 1.39 bits per heavy atom. The second-order valence-electron chi connectivity index (χ2n) is 3.77. The number of fused-ring (bicyclic) bond motifs is 1. The van der Waals surface area contributed by atoms with E-state index in [-0.39, 0.29) is 12.5 Å². The third-order valence-electron chi connectivity index (χ3n) is 2.55. The number of nitrogens with zero attached hydrogens (tertiary/aromatic N) is 3. The number of benzene rings is 1. The Morgan fingerprint density at radius 2 is 2.11 bits per heavy atom. The first kappa shape index (κ1) is 12.2. The first-order valence-electron chi connectivity index (χ1n) is 5.14. The van der Waals surface area contributed by atoms with Crippen LogP contribution in [0.15, 0.2) is 18.2 Å². The van der Waals surface area contributed by atoms with E-state index in [1.165, 1.54) is 4.57 Å². The summed E-state index contributed by atoms with van der Waals surface area (Å²) in [6.45, 7) is -0.305. The average Bonchev–Trinajstić information content (AvgIpc) is 2.61. The molecule has 0 spiro atoms. The van der Waals surface area contributed by atoms with Crippen LogP contribution in [0.5, 0.6) is 0 Å². The van der Waals surface area contributed by atoms with Crippen LogP contribution in [-0.2, 0) is 6.54 Å². The van der Waals surface area contributed by atoms with Crippen molar-refractivity contribution in [3.63, 3.8) is 0 Å². The van der Waals surface area contributed by atoms with Gasteiger partial charge in [-0.05, 0) is 12.1 Å². The summed E-state index contributed by atoms with van der Waals surface area (Å²) >= 11 is 0. The third kappa shape index (κ3) is 2.22. The van der Waals surface area contributed by atoms with Gasteiger partial charge in [-0.1, -0.05) is 6.07 Å². The molecule has 0 radical (unpaired) electrons. The quantitative estimate of drug-likeness (QED) is 0.894. The van der Waals surface area contributed by atoms with Crippen LogP contribution in [0, 0.1) is 11.3 Å². The van der Waals surface area contributed by atoms with Gasteiger partial charge in [-0.3, -0.25) is 0 Å². The summed E-state index contributed by atoms with van der Waals surface area (Å²) in [4.78, 5) is 3.94. The van der Waals surface area contributed by atoms with Gasteiger partial charge in [0.25, 0.3) is 0 Å². The van der Waals surface area contributed by atoms with Crippen LogP contribution >= 0.6 is 0 Å². The number of alkyl halides is 3. The highest BCUT2D eigenvalue weighted by Gasteiger charge is 2.27. The number of halogens is 3. The maximum Gasteiger partial charge on any atom is 0.390 e. The van der Waals surface area contributed by atoms with E-state index in [2.05, 4.69) is 4.98 Å². The molecule has 0 saturated heterocycles. The summed E-state index contributed by atoms with van der Waals surface area (Å²) in [6, 6.07) is 6.66. The van der Waals surface area contributed by atoms with Gasteiger partial charge in [-0.2, -0.15) is 18.4 Å².